The molecule has 0 aliphatic heterocycles. The van der Waals surface area contributed by atoms with E-state index >= 15 is 0 Å². The fourth-order valence-electron chi connectivity index (χ4n) is 1.35. The van der Waals surface area contributed by atoms with Crippen LogP contribution in [0.1, 0.15) is 13.3 Å². The molecule has 6 nitrogen and oxygen atoms in total. The molecular weight excluding hydrogens is 250 g/mol. The molecule has 0 spiro atoms. The number of hydrogen-bond acceptors (Lipinski definition) is 4. The summed E-state index contributed by atoms with van der Waals surface area (Å²) in [6, 6.07) is 6.84. The summed E-state index contributed by atoms with van der Waals surface area (Å²) in [7, 11) is 1.56. The number of amides is 1. The predicted octanol–water partition coefficient (Wildman–Crippen LogP) is 1.05. The SMILES string of the molecule is COc1ccc(OC(C)C(=O)NCCC(=O)O)cc1. The Morgan fingerprint density at radius 2 is 1.84 bits per heavy atom. The first-order chi connectivity index (χ1) is 9.02. The van der Waals surface area contributed by atoms with Crippen LogP contribution in [0.25, 0.3) is 0 Å². The number of aliphatic carboxylic acids is 1. The third kappa shape index (κ3) is 5.29. The van der Waals surface area contributed by atoms with Crippen molar-refractivity contribution >= 4 is 11.9 Å². The molecule has 0 aromatic heterocycles. The van der Waals surface area contributed by atoms with E-state index in [1.807, 2.05) is 0 Å². The van der Waals surface area contributed by atoms with Gasteiger partial charge in [0.2, 0.25) is 0 Å². The summed E-state index contributed by atoms with van der Waals surface area (Å²) in [6.45, 7) is 1.69. The van der Waals surface area contributed by atoms with Gasteiger partial charge in [0.1, 0.15) is 11.5 Å². The van der Waals surface area contributed by atoms with E-state index in [1.54, 1.807) is 38.3 Å². The van der Waals surface area contributed by atoms with E-state index in [-0.39, 0.29) is 18.9 Å². The van der Waals surface area contributed by atoms with Crippen LogP contribution >= 0.6 is 0 Å². The summed E-state index contributed by atoms with van der Waals surface area (Å²) in [5, 5.41) is 10.9. The van der Waals surface area contributed by atoms with Gasteiger partial charge in [0.05, 0.1) is 13.5 Å². The fourth-order valence-corrected chi connectivity index (χ4v) is 1.35. The van der Waals surface area contributed by atoms with E-state index in [0.717, 1.165) is 0 Å². The van der Waals surface area contributed by atoms with Crippen LogP contribution in [0.2, 0.25) is 0 Å². The predicted molar refractivity (Wildman–Crippen MR) is 68.3 cm³/mol. The van der Waals surface area contributed by atoms with Crippen molar-refractivity contribution in [3.05, 3.63) is 24.3 Å². The molecule has 2 N–H and O–H groups in total. The van der Waals surface area contributed by atoms with Gasteiger partial charge in [-0.1, -0.05) is 0 Å². The third-order valence-electron chi connectivity index (χ3n) is 2.38. The summed E-state index contributed by atoms with van der Waals surface area (Å²) in [6.07, 6.45) is -0.803. The Hall–Kier alpha value is -2.24. The van der Waals surface area contributed by atoms with Crippen molar-refractivity contribution in [2.45, 2.75) is 19.4 Å². The molecular formula is C13H17NO5. The second-order valence-electron chi connectivity index (χ2n) is 3.87. The summed E-state index contributed by atoms with van der Waals surface area (Å²) in [5.74, 6) is -0.0614. The Bertz CT molecular complexity index is 429. The number of nitrogens with one attached hydrogen (secondary N) is 1. The zero-order valence-electron chi connectivity index (χ0n) is 10.9. The largest absolute Gasteiger partial charge is 0.497 e. The molecule has 6 heteroatoms. The lowest BCUT2D eigenvalue weighted by Gasteiger charge is -2.14. The van der Waals surface area contributed by atoms with Crippen LogP contribution in [0, 0.1) is 0 Å². The maximum Gasteiger partial charge on any atom is 0.305 e. The fraction of sp³-hybridized carbons (Fsp3) is 0.385. The summed E-state index contributed by atoms with van der Waals surface area (Å²) in [5.41, 5.74) is 0. The Balaban J connectivity index is 2.42. The van der Waals surface area contributed by atoms with Crippen molar-refractivity contribution in [3.63, 3.8) is 0 Å². The van der Waals surface area contributed by atoms with Gasteiger partial charge in [-0.25, -0.2) is 0 Å². The normalized spacial score (nSPS) is 11.5. The van der Waals surface area contributed by atoms with Crippen LogP contribution in [0.5, 0.6) is 11.5 Å². The molecule has 1 aromatic rings. The van der Waals surface area contributed by atoms with E-state index < -0.39 is 12.1 Å². The van der Waals surface area contributed by atoms with Gasteiger partial charge in [-0.3, -0.25) is 9.59 Å². The molecule has 0 saturated heterocycles. The third-order valence-corrected chi connectivity index (χ3v) is 2.38. The number of carboxylic acid groups (broad SMARTS) is 1. The van der Waals surface area contributed by atoms with Gasteiger partial charge in [-0.15, -0.1) is 0 Å². The van der Waals surface area contributed by atoms with Crippen LogP contribution in [0.15, 0.2) is 24.3 Å². The maximum absolute atomic E-state index is 11.6. The lowest BCUT2D eigenvalue weighted by atomic mass is 10.3. The monoisotopic (exact) mass is 267 g/mol. The van der Waals surface area contributed by atoms with Gasteiger partial charge in [0.15, 0.2) is 6.10 Å². The van der Waals surface area contributed by atoms with E-state index in [4.69, 9.17) is 14.6 Å². The zero-order chi connectivity index (χ0) is 14.3. The maximum atomic E-state index is 11.6. The molecule has 0 aliphatic carbocycles. The van der Waals surface area contributed by atoms with Crippen molar-refractivity contribution in [2.24, 2.45) is 0 Å². The molecule has 104 valence electrons. The number of ether oxygens (including phenoxy) is 2. The zero-order valence-corrected chi connectivity index (χ0v) is 10.9. The highest BCUT2D eigenvalue weighted by Crippen LogP contribution is 2.18. The second kappa shape index (κ2) is 7.25. The molecule has 1 unspecified atom stereocenters. The highest BCUT2D eigenvalue weighted by Gasteiger charge is 2.14. The van der Waals surface area contributed by atoms with Crippen molar-refractivity contribution < 1.29 is 24.2 Å². The smallest absolute Gasteiger partial charge is 0.305 e. The van der Waals surface area contributed by atoms with Crippen LogP contribution in [-0.2, 0) is 9.59 Å². The summed E-state index contributed by atoms with van der Waals surface area (Å²) < 4.78 is 10.4. The quantitative estimate of drug-likeness (QED) is 0.771. The van der Waals surface area contributed by atoms with Gasteiger partial charge < -0.3 is 19.9 Å². The number of carbonyl (C=O) groups excluding carboxylic acids is 1. The lowest BCUT2D eigenvalue weighted by Crippen LogP contribution is -2.37. The van der Waals surface area contributed by atoms with Crippen LogP contribution < -0.4 is 14.8 Å². The first kappa shape index (κ1) is 14.8. The number of carboxylic acids is 1. The molecule has 0 aliphatic rings. The average Bonchev–Trinajstić information content (AvgIpc) is 2.39. The van der Waals surface area contributed by atoms with Crippen LogP contribution in [0.3, 0.4) is 0 Å². The first-order valence-electron chi connectivity index (χ1n) is 5.83. The van der Waals surface area contributed by atoms with Crippen molar-refractivity contribution in [1.82, 2.24) is 5.32 Å². The minimum Gasteiger partial charge on any atom is -0.497 e. The summed E-state index contributed by atoms with van der Waals surface area (Å²) in [4.78, 5) is 21.9. The van der Waals surface area contributed by atoms with Gasteiger partial charge >= 0.3 is 5.97 Å². The Labute approximate surface area is 111 Å². The van der Waals surface area contributed by atoms with Crippen LogP contribution in [0.4, 0.5) is 0 Å². The van der Waals surface area contributed by atoms with Crippen LogP contribution in [-0.4, -0.2) is 36.7 Å². The van der Waals surface area contributed by atoms with Gasteiger partial charge in [0, 0.05) is 6.54 Å². The molecule has 0 heterocycles. The molecule has 1 atom stereocenters. The Kier molecular flexibility index (Phi) is 5.66. The number of methoxy groups -OCH3 is 1. The summed E-state index contributed by atoms with van der Waals surface area (Å²) >= 11 is 0. The number of benzene rings is 1. The molecule has 19 heavy (non-hydrogen) atoms. The van der Waals surface area contributed by atoms with E-state index in [9.17, 15) is 9.59 Å². The average molecular weight is 267 g/mol. The standard InChI is InChI=1S/C13H17NO5/c1-9(13(17)14-8-7-12(15)16)19-11-5-3-10(18-2)4-6-11/h3-6,9H,7-8H2,1-2H3,(H,14,17)(H,15,16). The van der Waals surface area contributed by atoms with Crippen molar-refractivity contribution in [1.29, 1.82) is 0 Å². The first-order valence-corrected chi connectivity index (χ1v) is 5.83. The van der Waals surface area contributed by atoms with Crippen molar-refractivity contribution in [3.8, 4) is 11.5 Å². The topological polar surface area (TPSA) is 84.9 Å². The number of carbonyl (C=O) groups is 2. The lowest BCUT2D eigenvalue weighted by molar-refractivity contribution is -0.137. The van der Waals surface area contributed by atoms with Gasteiger partial charge in [0.25, 0.3) is 5.91 Å². The highest BCUT2D eigenvalue weighted by molar-refractivity contribution is 5.81. The Morgan fingerprint density at radius 1 is 1.26 bits per heavy atom. The number of rotatable bonds is 7. The minimum atomic E-state index is -0.955. The van der Waals surface area contributed by atoms with Gasteiger partial charge in [-0.05, 0) is 31.2 Å². The van der Waals surface area contributed by atoms with E-state index in [0.29, 0.717) is 11.5 Å². The van der Waals surface area contributed by atoms with Gasteiger partial charge in [-0.2, -0.15) is 0 Å². The minimum absolute atomic E-state index is 0.0878. The van der Waals surface area contributed by atoms with E-state index in [1.165, 1.54) is 0 Å². The molecule has 0 fully saturated rings. The molecule has 1 amide bonds. The molecule has 1 aromatic carbocycles. The van der Waals surface area contributed by atoms with Crippen molar-refractivity contribution in [2.75, 3.05) is 13.7 Å². The molecule has 0 radical (unpaired) electrons. The molecule has 0 bridgehead atoms. The second-order valence-corrected chi connectivity index (χ2v) is 3.87. The molecule has 1 rings (SSSR count). The Morgan fingerprint density at radius 3 is 2.37 bits per heavy atom. The highest BCUT2D eigenvalue weighted by atomic mass is 16.5. The van der Waals surface area contributed by atoms with E-state index in [2.05, 4.69) is 5.32 Å². The number of hydrogen-bond donors (Lipinski definition) is 2. The molecule has 0 saturated carbocycles.